The zero-order chi connectivity index (χ0) is 23.6. The minimum atomic E-state index is -3.82. The monoisotopic (exact) mass is 499 g/mol. The number of rotatable bonds is 5. The van der Waals surface area contributed by atoms with E-state index in [-0.39, 0.29) is 27.5 Å². The molecule has 10 heteroatoms. The average molecular weight is 500 g/mol. The van der Waals surface area contributed by atoms with Crippen LogP contribution in [0.4, 0.5) is 10.1 Å². The number of hydrogen-bond donors (Lipinski definition) is 1. The van der Waals surface area contributed by atoms with Crippen LogP contribution in [0, 0.1) is 18.2 Å². The van der Waals surface area contributed by atoms with E-state index in [0.717, 1.165) is 11.3 Å². The number of hydrogen-bond acceptors (Lipinski definition) is 4. The SMILES string of the molecule is C#CCn1c(=NC(=O)c2ccc(NS(=O)(=O)c3ccc(Cl)cc3)cc2)sc2cccc(F)c21. The van der Waals surface area contributed by atoms with Crippen LogP contribution in [-0.4, -0.2) is 18.9 Å². The molecule has 0 aliphatic rings. The molecule has 0 bridgehead atoms. The fraction of sp³-hybridized carbons (Fsp3) is 0.0435. The molecular formula is C23H15ClFN3O3S2. The Balaban J connectivity index is 1.61. The summed E-state index contributed by atoms with van der Waals surface area (Å²) in [6.07, 6.45) is 5.41. The van der Waals surface area contributed by atoms with Gasteiger partial charge in [-0.05, 0) is 60.7 Å². The molecule has 0 spiro atoms. The number of halogens is 2. The van der Waals surface area contributed by atoms with Gasteiger partial charge < -0.3 is 4.57 Å². The van der Waals surface area contributed by atoms with E-state index in [2.05, 4.69) is 15.6 Å². The van der Waals surface area contributed by atoms with Crippen LogP contribution in [0.3, 0.4) is 0 Å². The van der Waals surface area contributed by atoms with E-state index >= 15 is 0 Å². The summed E-state index contributed by atoms with van der Waals surface area (Å²) < 4.78 is 43.8. The number of nitrogens with one attached hydrogen (secondary N) is 1. The molecule has 4 aromatic rings. The second kappa shape index (κ2) is 9.19. The normalized spacial score (nSPS) is 12.0. The number of thiazole rings is 1. The molecule has 0 aliphatic heterocycles. The molecule has 1 amide bonds. The minimum Gasteiger partial charge on any atom is -0.302 e. The van der Waals surface area contributed by atoms with Gasteiger partial charge in [0.15, 0.2) is 4.80 Å². The van der Waals surface area contributed by atoms with Crippen molar-refractivity contribution in [1.29, 1.82) is 0 Å². The number of terminal acetylenes is 1. The summed E-state index contributed by atoms with van der Waals surface area (Å²) in [6.45, 7) is 0.0540. The molecule has 33 heavy (non-hydrogen) atoms. The van der Waals surface area contributed by atoms with E-state index in [1.165, 1.54) is 59.2 Å². The number of sulfonamides is 1. The molecule has 0 unspecified atom stereocenters. The van der Waals surface area contributed by atoms with Crippen molar-refractivity contribution in [2.75, 3.05) is 4.72 Å². The molecule has 3 aromatic carbocycles. The van der Waals surface area contributed by atoms with Crippen LogP contribution >= 0.6 is 22.9 Å². The highest BCUT2D eigenvalue weighted by Crippen LogP contribution is 2.21. The van der Waals surface area contributed by atoms with Crippen LogP contribution in [0.15, 0.2) is 76.6 Å². The fourth-order valence-electron chi connectivity index (χ4n) is 3.07. The molecule has 0 radical (unpaired) electrons. The Bertz CT molecular complexity index is 1570. The Morgan fingerprint density at radius 3 is 2.48 bits per heavy atom. The van der Waals surface area contributed by atoms with Gasteiger partial charge in [0, 0.05) is 16.3 Å². The minimum absolute atomic E-state index is 0.0529. The zero-order valence-corrected chi connectivity index (χ0v) is 19.2. The molecule has 6 nitrogen and oxygen atoms in total. The molecular weight excluding hydrogens is 485 g/mol. The second-order valence-electron chi connectivity index (χ2n) is 6.82. The van der Waals surface area contributed by atoms with E-state index in [1.54, 1.807) is 12.1 Å². The maximum absolute atomic E-state index is 14.3. The molecule has 0 saturated carbocycles. The first-order valence-corrected chi connectivity index (χ1v) is 12.1. The predicted octanol–water partition coefficient (Wildman–Crippen LogP) is 4.67. The van der Waals surface area contributed by atoms with Crippen molar-refractivity contribution in [3.63, 3.8) is 0 Å². The number of amides is 1. The lowest BCUT2D eigenvalue weighted by atomic mass is 10.2. The third kappa shape index (κ3) is 4.83. The van der Waals surface area contributed by atoms with Crippen LogP contribution in [0.2, 0.25) is 5.02 Å². The van der Waals surface area contributed by atoms with Gasteiger partial charge >= 0.3 is 0 Å². The van der Waals surface area contributed by atoms with Crippen LogP contribution in [0.1, 0.15) is 10.4 Å². The van der Waals surface area contributed by atoms with Crippen molar-refractivity contribution >= 4 is 54.8 Å². The molecule has 166 valence electrons. The maximum Gasteiger partial charge on any atom is 0.279 e. The molecule has 0 fully saturated rings. The maximum atomic E-state index is 14.3. The molecule has 0 saturated heterocycles. The van der Waals surface area contributed by atoms with E-state index in [0.29, 0.717) is 15.2 Å². The highest BCUT2D eigenvalue weighted by atomic mass is 35.5. The first kappa shape index (κ1) is 22.7. The Hall–Kier alpha value is -3.45. The van der Waals surface area contributed by atoms with Crippen LogP contribution in [0.25, 0.3) is 10.2 Å². The lowest BCUT2D eigenvalue weighted by molar-refractivity contribution is 0.0998. The molecule has 0 aliphatic carbocycles. The van der Waals surface area contributed by atoms with Crippen LogP contribution in [0.5, 0.6) is 0 Å². The van der Waals surface area contributed by atoms with Crippen LogP contribution in [-0.2, 0) is 16.6 Å². The molecule has 1 heterocycles. The van der Waals surface area contributed by atoms with Crippen molar-refractivity contribution in [3.05, 3.63) is 87.9 Å². The summed E-state index contributed by atoms with van der Waals surface area (Å²) in [5.74, 6) is 1.42. The first-order valence-electron chi connectivity index (χ1n) is 9.47. The number of benzene rings is 3. The molecule has 1 aromatic heterocycles. The third-order valence-electron chi connectivity index (χ3n) is 4.61. The summed E-state index contributed by atoms with van der Waals surface area (Å²) in [6, 6.07) is 16.2. The largest absolute Gasteiger partial charge is 0.302 e. The number of anilines is 1. The van der Waals surface area contributed by atoms with Gasteiger partial charge in [-0.3, -0.25) is 9.52 Å². The summed E-state index contributed by atoms with van der Waals surface area (Å²) in [4.78, 5) is 17.1. The Kier molecular flexibility index (Phi) is 6.33. The van der Waals surface area contributed by atoms with E-state index in [9.17, 15) is 17.6 Å². The topological polar surface area (TPSA) is 80.5 Å². The number of carbonyl (C=O) groups excluding carboxylic acids is 1. The van der Waals surface area contributed by atoms with Crippen molar-refractivity contribution in [1.82, 2.24) is 4.57 Å². The fourth-order valence-corrected chi connectivity index (χ4v) is 5.30. The lowest BCUT2D eigenvalue weighted by Gasteiger charge is -2.08. The Labute approximate surface area is 198 Å². The van der Waals surface area contributed by atoms with Gasteiger partial charge in [0.2, 0.25) is 0 Å². The van der Waals surface area contributed by atoms with Crippen molar-refractivity contribution < 1.29 is 17.6 Å². The summed E-state index contributed by atoms with van der Waals surface area (Å²) in [5.41, 5.74) is 0.793. The van der Waals surface area contributed by atoms with Crippen LogP contribution < -0.4 is 9.52 Å². The van der Waals surface area contributed by atoms with E-state index in [1.807, 2.05) is 0 Å². The smallest absolute Gasteiger partial charge is 0.279 e. The summed E-state index contributed by atoms with van der Waals surface area (Å²) >= 11 is 6.95. The van der Waals surface area contributed by atoms with Gasteiger partial charge in [0.1, 0.15) is 5.82 Å². The Morgan fingerprint density at radius 1 is 1.12 bits per heavy atom. The predicted molar refractivity (Wildman–Crippen MR) is 127 cm³/mol. The standard InChI is InChI=1S/C23H15ClFN3O3S2/c1-2-14-28-21-19(25)4-3-5-20(21)32-23(28)26-22(29)15-6-10-17(11-7-15)27-33(30,31)18-12-8-16(24)9-13-18/h1,3-13,27H,14H2. The number of aromatic nitrogens is 1. The number of carbonyl (C=O) groups is 1. The van der Waals surface area contributed by atoms with Gasteiger partial charge in [-0.25, -0.2) is 12.8 Å². The first-order chi connectivity index (χ1) is 15.8. The lowest BCUT2D eigenvalue weighted by Crippen LogP contribution is -2.17. The zero-order valence-electron chi connectivity index (χ0n) is 16.8. The van der Waals surface area contributed by atoms with Gasteiger partial charge in [0.05, 0.1) is 21.7 Å². The van der Waals surface area contributed by atoms with Gasteiger partial charge in [-0.15, -0.1) is 6.42 Å². The number of para-hydroxylation sites is 1. The molecule has 0 atom stereocenters. The second-order valence-corrected chi connectivity index (χ2v) is 9.94. The quantitative estimate of drug-likeness (QED) is 0.405. The number of fused-ring (bicyclic) bond motifs is 1. The van der Waals surface area contributed by atoms with Crippen molar-refractivity contribution in [2.24, 2.45) is 4.99 Å². The third-order valence-corrected chi connectivity index (χ3v) is 7.30. The van der Waals surface area contributed by atoms with E-state index < -0.39 is 21.7 Å². The van der Waals surface area contributed by atoms with Gasteiger partial charge in [-0.1, -0.05) is 34.9 Å². The highest BCUT2D eigenvalue weighted by Gasteiger charge is 2.15. The molecule has 1 N–H and O–H groups in total. The Morgan fingerprint density at radius 2 is 1.82 bits per heavy atom. The summed E-state index contributed by atoms with van der Waals surface area (Å²) in [5, 5.41) is 0.422. The average Bonchev–Trinajstić information content (AvgIpc) is 3.12. The summed E-state index contributed by atoms with van der Waals surface area (Å²) in [7, 11) is -3.82. The van der Waals surface area contributed by atoms with Gasteiger partial charge in [0.25, 0.3) is 15.9 Å². The van der Waals surface area contributed by atoms with Crippen molar-refractivity contribution in [2.45, 2.75) is 11.4 Å². The van der Waals surface area contributed by atoms with E-state index in [4.69, 9.17) is 18.0 Å². The molecule has 4 rings (SSSR count). The number of nitrogens with zero attached hydrogens (tertiary/aromatic N) is 2. The van der Waals surface area contributed by atoms with Crippen molar-refractivity contribution in [3.8, 4) is 12.3 Å². The van der Waals surface area contributed by atoms with Gasteiger partial charge in [-0.2, -0.15) is 4.99 Å². The highest BCUT2D eigenvalue weighted by molar-refractivity contribution is 7.92.